The fourth-order valence-corrected chi connectivity index (χ4v) is 2.76. The van der Waals surface area contributed by atoms with Crippen LogP contribution in [0.15, 0.2) is 10.6 Å². The van der Waals surface area contributed by atoms with Gasteiger partial charge >= 0.3 is 0 Å². The fourth-order valence-electron chi connectivity index (χ4n) is 2.76. The third kappa shape index (κ3) is 4.30. The molecule has 1 aromatic heterocycles. The molecule has 1 aliphatic rings. The first-order valence-corrected chi connectivity index (χ1v) is 7.86. The van der Waals surface area contributed by atoms with E-state index in [9.17, 15) is 4.79 Å². The minimum Gasteiger partial charge on any atom is -0.385 e. The monoisotopic (exact) mass is 294 g/mol. The van der Waals surface area contributed by atoms with Gasteiger partial charge in [-0.1, -0.05) is 25.4 Å². The molecule has 5 heteroatoms. The molecule has 118 valence electrons. The molecular formula is C16H26N2O3. The van der Waals surface area contributed by atoms with E-state index in [4.69, 9.17) is 9.26 Å². The normalized spacial score (nSPS) is 19.8. The van der Waals surface area contributed by atoms with Gasteiger partial charge in [0.15, 0.2) is 5.69 Å². The van der Waals surface area contributed by atoms with Crippen LogP contribution in [0.3, 0.4) is 0 Å². The first-order chi connectivity index (χ1) is 10.1. The highest BCUT2D eigenvalue weighted by molar-refractivity contribution is 5.92. The second-order valence-electron chi connectivity index (χ2n) is 6.16. The van der Waals surface area contributed by atoms with Crippen molar-refractivity contribution in [2.75, 3.05) is 26.8 Å². The molecular weight excluding hydrogens is 268 g/mol. The van der Waals surface area contributed by atoms with E-state index in [1.54, 1.807) is 13.2 Å². The molecule has 2 rings (SSSR count). The van der Waals surface area contributed by atoms with Gasteiger partial charge in [-0.25, -0.2) is 0 Å². The van der Waals surface area contributed by atoms with Crippen LogP contribution in [-0.2, 0) is 4.74 Å². The molecule has 0 spiro atoms. The van der Waals surface area contributed by atoms with Gasteiger partial charge in [0, 0.05) is 38.8 Å². The summed E-state index contributed by atoms with van der Waals surface area (Å²) in [6, 6.07) is 1.78. The van der Waals surface area contributed by atoms with Crippen molar-refractivity contribution in [1.82, 2.24) is 10.1 Å². The number of aromatic nitrogens is 1. The number of rotatable bonds is 5. The SMILES string of the molecule is COCC[C@H]1CCCCN(C(=O)c2cc(C(C)C)on2)C1. The zero-order valence-electron chi connectivity index (χ0n) is 13.3. The number of carbonyl (C=O) groups is 1. The van der Waals surface area contributed by atoms with E-state index in [0.717, 1.165) is 38.3 Å². The molecule has 2 heterocycles. The van der Waals surface area contributed by atoms with E-state index in [2.05, 4.69) is 5.16 Å². The number of methoxy groups -OCH3 is 1. The molecule has 0 N–H and O–H groups in total. The highest BCUT2D eigenvalue weighted by Gasteiger charge is 2.25. The average molecular weight is 294 g/mol. The minimum atomic E-state index is -0.00466. The summed E-state index contributed by atoms with van der Waals surface area (Å²) in [4.78, 5) is 14.5. The molecule has 1 saturated heterocycles. The van der Waals surface area contributed by atoms with E-state index < -0.39 is 0 Å². The fraction of sp³-hybridized carbons (Fsp3) is 0.750. The third-order valence-electron chi connectivity index (χ3n) is 4.10. The molecule has 0 saturated carbocycles. The lowest BCUT2D eigenvalue weighted by atomic mass is 10.00. The van der Waals surface area contributed by atoms with E-state index >= 15 is 0 Å². The largest absolute Gasteiger partial charge is 0.385 e. The predicted molar refractivity (Wildman–Crippen MR) is 80.3 cm³/mol. The molecule has 21 heavy (non-hydrogen) atoms. The first-order valence-electron chi connectivity index (χ1n) is 7.86. The van der Waals surface area contributed by atoms with Crippen LogP contribution in [-0.4, -0.2) is 42.8 Å². The second-order valence-corrected chi connectivity index (χ2v) is 6.16. The number of carbonyl (C=O) groups excluding carboxylic acids is 1. The molecule has 1 atom stereocenters. The van der Waals surface area contributed by atoms with Gasteiger partial charge in [0.1, 0.15) is 5.76 Å². The van der Waals surface area contributed by atoms with E-state index in [0.29, 0.717) is 11.6 Å². The summed E-state index contributed by atoms with van der Waals surface area (Å²) in [6.07, 6.45) is 4.41. The van der Waals surface area contributed by atoms with Gasteiger partial charge in [-0.2, -0.15) is 0 Å². The standard InChI is InChI=1S/C16H26N2O3/c1-12(2)15-10-14(17-21-15)16(19)18-8-5-4-6-13(11-18)7-9-20-3/h10,12-13H,4-9,11H2,1-3H3/t13-/m1/s1. The van der Waals surface area contributed by atoms with Gasteiger partial charge in [-0.3, -0.25) is 4.79 Å². The molecule has 0 aromatic carbocycles. The summed E-state index contributed by atoms with van der Waals surface area (Å²) in [5, 5.41) is 3.94. The van der Waals surface area contributed by atoms with Crippen molar-refractivity contribution < 1.29 is 14.1 Å². The summed E-state index contributed by atoms with van der Waals surface area (Å²) in [5.41, 5.74) is 0.436. The summed E-state index contributed by atoms with van der Waals surface area (Å²) in [7, 11) is 1.72. The molecule has 5 nitrogen and oxygen atoms in total. The van der Waals surface area contributed by atoms with Crippen molar-refractivity contribution in [1.29, 1.82) is 0 Å². The van der Waals surface area contributed by atoms with Crippen molar-refractivity contribution >= 4 is 5.91 Å². The Kier molecular flexibility index (Phi) is 5.79. The van der Waals surface area contributed by atoms with E-state index in [-0.39, 0.29) is 11.8 Å². The van der Waals surface area contributed by atoms with Gasteiger partial charge in [0.2, 0.25) is 0 Å². The molecule has 1 aromatic rings. The van der Waals surface area contributed by atoms with Crippen LogP contribution >= 0.6 is 0 Å². The minimum absolute atomic E-state index is 0.00466. The van der Waals surface area contributed by atoms with Crippen molar-refractivity contribution in [2.24, 2.45) is 5.92 Å². The van der Waals surface area contributed by atoms with Gasteiger partial charge in [0.05, 0.1) is 0 Å². The van der Waals surface area contributed by atoms with Crippen LogP contribution in [0.25, 0.3) is 0 Å². The summed E-state index contributed by atoms with van der Waals surface area (Å²) in [5.74, 6) is 1.53. The molecule has 1 amide bonds. The molecule has 0 radical (unpaired) electrons. The van der Waals surface area contributed by atoms with Crippen molar-refractivity contribution in [2.45, 2.75) is 45.4 Å². The second kappa shape index (κ2) is 7.59. The zero-order chi connectivity index (χ0) is 15.2. The Hall–Kier alpha value is -1.36. The lowest BCUT2D eigenvalue weighted by Gasteiger charge is -2.23. The van der Waals surface area contributed by atoms with Gasteiger partial charge in [-0.15, -0.1) is 0 Å². The Bertz CT molecular complexity index is 456. The number of amides is 1. The Labute approximate surface area is 126 Å². The zero-order valence-corrected chi connectivity index (χ0v) is 13.3. The number of hydrogen-bond donors (Lipinski definition) is 0. The third-order valence-corrected chi connectivity index (χ3v) is 4.10. The highest BCUT2D eigenvalue weighted by atomic mass is 16.5. The van der Waals surface area contributed by atoms with Gasteiger partial charge in [-0.05, 0) is 25.2 Å². The summed E-state index contributed by atoms with van der Waals surface area (Å²) >= 11 is 0. The van der Waals surface area contributed by atoms with Crippen LogP contribution in [0.2, 0.25) is 0 Å². The maximum Gasteiger partial charge on any atom is 0.276 e. The smallest absolute Gasteiger partial charge is 0.276 e. The van der Waals surface area contributed by atoms with Crippen molar-refractivity contribution in [3.8, 4) is 0 Å². The maximum absolute atomic E-state index is 12.6. The highest BCUT2D eigenvalue weighted by Crippen LogP contribution is 2.22. The van der Waals surface area contributed by atoms with Crippen molar-refractivity contribution in [3.63, 3.8) is 0 Å². The number of likely N-dealkylation sites (tertiary alicyclic amines) is 1. The van der Waals surface area contributed by atoms with Crippen LogP contribution in [0.4, 0.5) is 0 Å². The van der Waals surface area contributed by atoms with Crippen molar-refractivity contribution in [3.05, 3.63) is 17.5 Å². The summed E-state index contributed by atoms with van der Waals surface area (Å²) in [6.45, 7) is 6.43. The van der Waals surface area contributed by atoms with Gasteiger partial charge < -0.3 is 14.2 Å². The Morgan fingerprint density at radius 2 is 2.33 bits per heavy atom. The Balaban J connectivity index is 2.01. The lowest BCUT2D eigenvalue weighted by molar-refractivity contribution is 0.0717. The van der Waals surface area contributed by atoms with Crippen LogP contribution in [0.5, 0.6) is 0 Å². The number of hydrogen-bond acceptors (Lipinski definition) is 4. The quantitative estimate of drug-likeness (QED) is 0.837. The molecule has 0 bridgehead atoms. The van der Waals surface area contributed by atoms with Gasteiger partial charge in [0.25, 0.3) is 5.91 Å². The number of nitrogens with zero attached hydrogens (tertiary/aromatic N) is 2. The van der Waals surface area contributed by atoms with Crippen LogP contribution in [0.1, 0.15) is 61.7 Å². The summed E-state index contributed by atoms with van der Waals surface area (Å²) < 4.78 is 10.4. The molecule has 1 fully saturated rings. The Morgan fingerprint density at radius 1 is 1.52 bits per heavy atom. The molecule has 1 aliphatic heterocycles. The topological polar surface area (TPSA) is 55.6 Å². The average Bonchev–Trinajstić information content (AvgIpc) is 2.85. The van der Waals surface area contributed by atoms with Crippen LogP contribution in [0, 0.1) is 5.92 Å². The number of ether oxygens (including phenoxy) is 1. The molecule has 0 unspecified atom stereocenters. The first kappa shape index (κ1) is 16.0. The van der Waals surface area contributed by atoms with E-state index in [1.165, 1.54) is 12.8 Å². The lowest BCUT2D eigenvalue weighted by Crippen LogP contribution is -2.35. The maximum atomic E-state index is 12.6. The Morgan fingerprint density at radius 3 is 3.00 bits per heavy atom. The van der Waals surface area contributed by atoms with Crippen LogP contribution < -0.4 is 0 Å². The van der Waals surface area contributed by atoms with E-state index in [1.807, 2.05) is 18.7 Å². The predicted octanol–water partition coefficient (Wildman–Crippen LogP) is 3.08. The molecule has 0 aliphatic carbocycles.